The van der Waals surface area contributed by atoms with Gasteiger partial charge in [0.2, 0.25) is 5.91 Å². The van der Waals surface area contributed by atoms with Crippen molar-refractivity contribution in [1.82, 2.24) is 5.32 Å². The van der Waals surface area contributed by atoms with Gasteiger partial charge >= 0.3 is 0 Å². The van der Waals surface area contributed by atoms with E-state index in [-0.39, 0.29) is 11.5 Å². The number of amides is 1. The lowest BCUT2D eigenvalue weighted by molar-refractivity contribution is -0.126. The molecule has 0 aliphatic rings. The highest BCUT2D eigenvalue weighted by molar-refractivity contribution is 5.78. The Morgan fingerprint density at radius 2 is 1.71 bits per heavy atom. The zero-order valence-electron chi connectivity index (χ0n) is 13.4. The van der Waals surface area contributed by atoms with E-state index in [0.29, 0.717) is 13.0 Å². The molecule has 5 heteroatoms. The maximum Gasteiger partial charge on any atom is 0.224 e. The fourth-order valence-electron chi connectivity index (χ4n) is 1.74. The molecule has 1 amide bonds. The predicted molar refractivity (Wildman–Crippen MR) is 81.3 cm³/mol. The van der Waals surface area contributed by atoms with E-state index in [1.54, 1.807) is 0 Å². The highest BCUT2D eigenvalue weighted by Crippen LogP contribution is 2.18. The minimum atomic E-state index is -0.420. The maximum absolute atomic E-state index is 11.8. The molecule has 1 rings (SSSR count). The summed E-state index contributed by atoms with van der Waals surface area (Å²) in [5.41, 5.74) is 0.703. The van der Waals surface area contributed by atoms with Crippen molar-refractivity contribution in [2.75, 3.05) is 20.8 Å². The summed E-state index contributed by atoms with van der Waals surface area (Å²) in [4.78, 5) is 11.8. The number of hydrogen-bond donors (Lipinski definition) is 1. The summed E-state index contributed by atoms with van der Waals surface area (Å²) < 4.78 is 15.8. The molecule has 0 aliphatic heterocycles. The van der Waals surface area contributed by atoms with Gasteiger partial charge in [-0.3, -0.25) is 4.79 Å². The topological polar surface area (TPSA) is 56.8 Å². The van der Waals surface area contributed by atoms with E-state index in [4.69, 9.17) is 14.2 Å². The molecule has 0 fully saturated rings. The summed E-state index contributed by atoms with van der Waals surface area (Å²) in [5, 5.41) is 2.77. The van der Waals surface area contributed by atoms with Crippen LogP contribution in [0.5, 0.6) is 5.75 Å². The molecule has 118 valence electrons. The molecule has 21 heavy (non-hydrogen) atoms. The summed E-state index contributed by atoms with van der Waals surface area (Å²) in [5.74, 6) is 0.726. The Kier molecular flexibility index (Phi) is 6.65. The van der Waals surface area contributed by atoms with Crippen LogP contribution in [0.2, 0.25) is 0 Å². The highest BCUT2D eigenvalue weighted by Gasteiger charge is 2.12. The fourth-order valence-corrected chi connectivity index (χ4v) is 1.74. The lowest BCUT2D eigenvalue weighted by Gasteiger charge is -2.21. The SMILES string of the molecule is COC(CNC(=O)Cc1ccc(OC(C)(C)C)cc1)OC. The van der Waals surface area contributed by atoms with Gasteiger partial charge in [0.05, 0.1) is 13.0 Å². The van der Waals surface area contributed by atoms with Crippen LogP contribution in [0.3, 0.4) is 0 Å². The van der Waals surface area contributed by atoms with E-state index >= 15 is 0 Å². The second-order valence-electron chi connectivity index (χ2n) is 5.74. The number of rotatable bonds is 7. The van der Waals surface area contributed by atoms with E-state index < -0.39 is 6.29 Å². The number of ether oxygens (including phenoxy) is 3. The van der Waals surface area contributed by atoms with Crippen molar-refractivity contribution in [1.29, 1.82) is 0 Å². The van der Waals surface area contributed by atoms with Gasteiger partial charge in [0.15, 0.2) is 6.29 Å². The van der Waals surface area contributed by atoms with Gasteiger partial charge in [0, 0.05) is 14.2 Å². The van der Waals surface area contributed by atoms with Crippen molar-refractivity contribution < 1.29 is 19.0 Å². The smallest absolute Gasteiger partial charge is 0.224 e. The molecule has 0 saturated carbocycles. The van der Waals surface area contributed by atoms with E-state index in [1.807, 2.05) is 45.0 Å². The maximum atomic E-state index is 11.8. The van der Waals surface area contributed by atoms with Crippen LogP contribution in [0.1, 0.15) is 26.3 Å². The van der Waals surface area contributed by atoms with Crippen molar-refractivity contribution >= 4 is 5.91 Å². The summed E-state index contributed by atoms with van der Waals surface area (Å²) in [6.45, 7) is 6.32. The number of nitrogens with one attached hydrogen (secondary N) is 1. The molecule has 1 aromatic rings. The lowest BCUT2D eigenvalue weighted by Crippen LogP contribution is -2.34. The van der Waals surface area contributed by atoms with Gasteiger partial charge in [0.25, 0.3) is 0 Å². The molecule has 1 aromatic carbocycles. The average molecular weight is 295 g/mol. The second kappa shape index (κ2) is 8.00. The summed E-state index contributed by atoms with van der Waals surface area (Å²) in [6.07, 6.45) is -0.104. The van der Waals surface area contributed by atoms with Crippen LogP contribution in [0.4, 0.5) is 0 Å². The van der Waals surface area contributed by atoms with Crippen LogP contribution in [-0.4, -0.2) is 38.6 Å². The first kappa shape index (κ1) is 17.5. The van der Waals surface area contributed by atoms with Gasteiger partial charge in [-0.25, -0.2) is 0 Å². The summed E-state index contributed by atoms with van der Waals surface area (Å²) >= 11 is 0. The summed E-state index contributed by atoms with van der Waals surface area (Å²) in [6, 6.07) is 7.54. The van der Waals surface area contributed by atoms with Crippen LogP contribution >= 0.6 is 0 Å². The molecule has 0 aromatic heterocycles. The van der Waals surface area contributed by atoms with Gasteiger partial charge in [-0.05, 0) is 38.5 Å². The Morgan fingerprint density at radius 3 is 2.19 bits per heavy atom. The van der Waals surface area contributed by atoms with Crippen LogP contribution in [-0.2, 0) is 20.7 Å². The minimum Gasteiger partial charge on any atom is -0.488 e. The van der Waals surface area contributed by atoms with E-state index in [0.717, 1.165) is 11.3 Å². The van der Waals surface area contributed by atoms with Crippen molar-refractivity contribution in [3.05, 3.63) is 29.8 Å². The van der Waals surface area contributed by atoms with Gasteiger partial charge in [0.1, 0.15) is 11.4 Å². The van der Waals surface area contributed by atoms with Gasteiger partial charge in [-0.1, -0.05) is 12.1 Å². The quantitative estimate of drug-likeness (QED) is 0.783. The van der Waals surface area contributed by atoms with E-state index in [9.17, 15) is 4.79 Å². The first-order valence-electron chi connectivity index (χ1n) is 6.94. The van der Waals surface area contributed by atoms with Gasteiger partial charge < -0.3 is 19.5 Å². The van der Waals surface area contributed by atoms with Crippen LogP contribution in [0, 0.1) is 0 Å². The minimum absolute atomic E-state index is 0.0708. The normalized spacial score (nSPS) is 11.5. The number of carbonyl (C=O) groups excluding carboxylic acids is 1. The molecule has 0 saturated heterocycles. The number of methoxy groups -OCH3 is 2. The second-order valence-corrected chi connectivity index (χ2v) is 5.74. The first-order valence-corrected chi connectivity index (χ1v) is 6.94. The molecule has 0 heterocycles. The number of hydrogen-bond acceptors (Lipinski definition) is 4. The molecule has 1 N–H and O–H groups in total. The van der Waals surface area contributed by atoms with Crippen molar-refractivity contribution in [2.45, 2.75) is 39.1 Å². The molecular weight excluding hydrogens is 270 g/mol. The third-order valence-electron chi connectivity index (χ3n) is 2.70. The zero-order valence-corrected chi connectivity index (χ0v) is 13.4. The van der Waals surface area contributed by atoms with Crippen molar-refractivity contribution in [3.8, 4) is 5.75 Å². The van der Waals surface area contributed by atoms with Gasteiger partial charge in [-0.15, -0.1) is 0 Å². The Labute approximate surface area is 126 Å². The zero-order chi connectivity index (χ0) is 15.9. The van der Waals surface area contributed by atoms with Crippen LogP contribution in [0.15, 0.2) is 24.3 Å². The third-order valence-corrected chi connectivity index (χ3v) is 2.70. The van der Waals surface area contributed by atoms with Crippen LogP contribution in [0.25, 0.3) is 0 Å². The number of carbonyl (C=O) groups is 1. The Hall–Kier alpha value is -1.59. The van der Waals surface area contributed by atoms with Crippen molar-refractivity contribution in [3.63, 3.8) is 0 Å². The molecule has 0 bridgehead atoms. The fraction of sp³-hybridized carbons (Fsp3) is 0.562. The Balaban J connectivity index is 2.46. The Morgan fingerprint density at radius 1 is 1.14 bits per heavy atom. The molecule has 0 radical (unpaired) electrons. The van der Waals surface area contributed by atoms with Crippen LogP contribution < -0.4 is 10.1 Å². The molecule has 0 atom stereocenters. The summed E-state index contributed by atoms with van der Waals surface area (Å²) in [7, 11) is 3.07. The van der Waals surface area contributed by atoms with E-state index in [1.165, 1.54) is 14.2 Å². The van der Waals surface area contributed by atoms with E-state index in [2.05, 4.69) is 5.32 Å². The van der Waals surface area contributed by atoms with Gasteiger partial charge in [-0.2, -0.15) is 0 Å². The lowest BCUT2D eigenvalue weighted by atomic mass is 10.1. The Bertz CT molecular complexity index is 433. The number of benzene rings is 1. The molecular formula is C16H25NO4. The standard InChI is InChI=1S/C16H25NO4/c1-16(2,3)21-13-8-6-12(7-9-13)10-14(18)17-11-15(19-4)20-5/h6-9,15H,10-11H2,1-5H3,(H,17,18). The first-order chi connectivity index (χ1) is 9.84. The molecule has 5 nitrogen and oxygen atoms in total. The monoisotopic (exact) mass is 295 g/mol. The molecule has 0 aliphatic carbocycles. The highest BCUT2D eigenvalue weighted by atomic mass is 16.7. The van der Waals surface area contributed by atoms with Crippen molar-refractivity contribution in [2.24, 2.45) is 0 Å². The molecule has 0 unspecified atom stereocenters. The molecule has 0 spiro atoms. The average Bonchev–Trinajstić information content (AvgIpc) is 2.40. The predicted octanol–water partition coefficient (Wildman–Crippen LogP) is 2.14. The largest absolute Gasteiger partial charge is 0.488 e. The third kappa shape index (κ3) is 7.11.